The lowest BCUT2D eigenvalue weighted by molar-refractivity contribution is 0.772. The first-order chi connectivity index (χ1) is 7.20. The zero-order chi connectivity index (χ0) is 10.8. The molecule has 78 valence electrons. The van der Waals surface area contributed by atoms with Gasteiger partial charge in [-0.05, 0) is 18.6 Å². The second-order valence-corrected chi connectivity index (χ2v) is 3.30. The first kappa shape index (κ1) is 9.64. The smallest absolute Gasteiger partial charge is 0.220 e. The van der Waals surface area contributed by atoms with Gasteiger partial charge < -0.3 is 5.73 Å². The van der Waals surface area contributed by atoms with Crippen molar-refractivity contribution in [2.24, 2.45) is 7.05 Å². The van der Waals surface area contributed by atoms with E-state index in [9.17, 15) is 0 Å². The van der Waals surface area contributed by atoms with Crippen LogP contribution in [-0.4, -0.2) is 19.7 Å². The number of anilines is 1. The van der Waals surface area contributed by atoms with E-state index in [4.69, 9.17) is 5.73 Å². The molecule has 0 aliphatic rings. The van der Waals surface area contributed by atoms with Crippen LogP contribution in [0.3, 0.4) is 0 Å². The topological polar surface area (TPSA) is 69.6 Å². The van der Waals surface area contributed by atoms with Crippen LogP contribution in [-0.2, 0) is 13.5 Å². The molecule has 15 heavy (non-hydrogen) atoms. The van der Waals surface area contributed by atoms with E-state index in [2.05, 4.69) is 15.1 Å². The van der Waals surface area contributed by atoms with Gasteiger partial charge in [0, 0.05) is 18.9 Å². The van der Waals surface area contributed by atoms with E-state index in [-0.39, 0.29) is 0 Å². The van der Waals surface area contributed by atoms with Crippen molar-refractivity contribution in [3.63, 3.8) is 0 Å². The first-order valence-corrected chi connectivity index (χ1v) is 4.82. The molecule has 0 fully saturated rings. The number of rotatable bonds is 2. The van der Waals surface area contributed by atoms with Gasteiger partial charge in [0.25, 0.3) is 0 Å². The standard InChI is InChI=1S/C10H13N5/c1-3-7-6-8(14-10(11)13-7)9-4-5-12-15(9)2/h4-6H,3H2,1-2H3,(H2,11,13,14). The first-order valence-electron chi connectivity index (χ1n) is 4.82. The van der Waals surface area contributed by atoms with Gasteiger partial charge in [-0.15, -0.1) is 0 Å². The van der Waals surface area contributed by atoms with Gasteiger partial charge in [-0.2, -0.15) is 5.10 Å². The number of hydrogen-bond acceptors (Lipinski definition) is 4. The number of nitrogens with zero attached hydrogens (tertiary/aromatic N) is 4. The van der Waals surface area contributed by atoms with Gasteiger partial charge in [-0.3, -0.25) is 4.68 Å². The molecule has 2 heterocycles. The zero-order valence-electron chi connectivity index (χ0n) is 8.81. The summed E-state index contributed by atoms with van der Waals surface area (Å²) in [5.74, 6) is 0.311. The maximum Gasteiger partial charge on any atom is 0.220 e. The van der Waals surface area contributed by atoms with Crippen molar-refractivity contribution >= 4 is 5.95 Å². The minimum absolute atomic E-state index is 0.311. The lowest BCUT2D eigenvalue weighted by atomic mass is 10.2. The summed E-state index contributed by atoms with van der Waals surface area (Å²) in [5.41, 5.74) is 8.34. The van der Waals surface area contributed by atoms with E-state index in [0.29, 0.717) is 5.95 Å². The minimum atomic E-state index is 0.311. The third-order valence-electron chi connectivity index (χ3n) is 2.24. The Hall–Kier alpha value is -1.91. The summed E-state index contributed by atoms with van der Waals surface area (Å²) in [7, 11) is 1.87. The van der Waals surface area contributed by atoms with Crippen molar-refractivity contribution < 1.29 is 0 Å². The molecule has 0 atom stereocenters. The maximum atomic E-state index is 5.64. The molecule has 2 rings (SSSR count). The Balaban J connectivity index is 2.53. The van der Waals surface area contributed by atoms with Crippen LogP contribution in [0.5, 0.6) is 0 Å². The van der Waals surface area contributed by atoms with Crippen molar-refractivity contribution in [3.8, 4) is 11.4 Å². The third-order valence-corrected chi connectivity index (χ3v) is 2.24. The molecule has 0 aliphatic heterocycles. The number of aromatic nitrogens is 4. The molecular formula is C10H13N5. The van der Waals surface area contributed by atoms with Crippen LogP contribution >= 0.6 is 0 Å². The van der Waals surface area contributed by atoms with Crippen molar-refractivity contribution in [2.75, 3.05) is 5.73 Å². The number of nitrogens with two attached hydrogens (primary N) is 1. The Bertz CT molecular complexity index is 474. The molecular weight excluding hydrogens is 190 g/mol. The van der Waals surface area contributed by atoms with Crippen molar-refractivity contribution in [2.45, 2.75) is 13.3 Å². The fourth-order valence-electron chi connectivity index (χ4n) is 1.46. The Morgan fingerprint density at radius 1 is 1.40 bits per heavy atom. The van der Waals surface area contributed by atoms with Crippen LogP contribution in [0.1, 0.15) is 12.6 Å². The summed E-state index contributed by atoms with van der Waals surface area (Å²) in [6, 6.07) is 3.84. The fourth-order valence-corrected chi connectivity index (χ4v) is 1.46. The Labute approximate surface area is 88.0 Å². The van der Waals surface area contributed by atoms with Gasteiger partial charge in [0.1, 0.15) is 0 Å². The van der Waals surface area contributed by atoms with Gasteiger partial charge in [0.2, 0.25) is 5.95 Å². The minimum Gasteiger partial charge on any atom is -0.368 e. The van der Waals surface area contributed by atoms with Crippen LogP contribution in [0.4, 0.5) is 5.95 Å². The van der Waals surface area contributed by atoms with Gasteiger partial charge in [0.05, 0.1) is 11.4 Å². The van der Waals surface area contributed by atoms with Crippen LogP contribution in [0.2, 0.25) is 0 Å². The molecule has 0 radical (unpaired) electrons. The summed E-state index contributed by atoms with van der Waals surface area (Å²) in [4.78, 5) is 8.32. The van der Waals surface area contributed by atoms with E-state index in [1.54, 1.807) is 10.9 Å². The van der Waals surface area contributed by atoms with E-state index in [1.807, 2.05) is 26.1 Å². The summed E-state index contributed by atoms with van der Waals surface area (Å²) in [5, 5.41) is 4.09. The molecule has 0 amide bonds. The zero-order valence-corrected chi connectivity index (χ0v) is 8.81. The van der Waals surface area contributed by atoms with Gasteiger partial charge >= 0.3 is 0 Å². The summed E-state index contributed by atoms with van der Waals surface area (Å²) < 4.78 is 1.77. The third kappa shape index (κ3) is 1.81. The largest absolute Gasteiger partial charge is 0.368 e. The highest BCUT2D eigenvalue weighted by molar-refractivity contribution is 5.55. The second-order valence-electron chi connectivity index (χ2n) is 3.30. The van der Waals surface area contributed by atoms with Gasteiger partial charge in [0.15, 0.2) is 0 Å². The molecule has 5 heteroatoms. The molecule has 0 saturated heterocycles. The average molecular weight is 203 g/mol. The normalized spacial score (nSPS) is 10.5. The second kappa shape index (κ2) is 3.68. The summed E-state index contributed by atoms with van der Waals surface area (Å²) in [6.45, 7) is 2.04. The lowest BCUT2D eigenvalue weighted by Gasteiger charge is -2.04. The molecule has 0 spiro atoms. The van der Waals surface area contributed by atoms with E-state index >= 15 is 0 Å². The SMILES string of the molecule is CCc1cc(-c2ccnn2C)nc(N)n1. The van der Waals surface area contributed by atoms with E-state index in [1.165, 1.54) is 0 Å². The highest BCUT2D eigenvalue weighted by atomic mass is 15.3. The quantitative estimate of drug-likeness (QED) is 0.791. The lowest BCUT2D eigenvalue weighted by Crippen LogP contribution is -2.02. The molecule has 0 unspecified atom stereocenters. The number of aryl methyl sites for hydroxylation is 2. The molecule has 0 aliphatic carbocycles. The average Bonchev–Trinajstić information content (AvgIpc) is 2.63. The van der Waals surface area contributed by atoms with Crippen LogP contribution in [0.25, 0.3) is 11.4 Å². The molecule has 5 nitrogen and oxygen atoms in total. The van der Waals surface area contributed by atoms with Crippen LogP contribution in [0, 0.1) is 0 Å². The highest BCUT2D eigenvalue weighted by Crippen LogP contribution is 2.17. The van der Waals surface area contributed by atoms with Crippen LogP contribution in [0.15, 0.2) is 18.3 Å². The summed E-state index contributed by atoms with van der Waals surface area (Å²) in [6.07, 6.45) is 2.58. The predicted octanol–water partition coefficient (Wildman–Crippen LogP) is 1.02. The number of nitrogen functional groups attached to an aromatic ring is 1. The van der Waals surface area contributed by atoms with Crippen molar-refractivity contribution in [1.29, 1.82) is 0 Å². The Kier molecular flexibility index (Phi) is 2.37. The monoisotopic (exact) mass is 203 g/mol. The molecule has 2 aromatic heterocycles. The molecule has 0 saturated carbocycles. The predicted molar refractivity (Wildman–Crippen MR) is 58.0 cm³/mol. The van der Waals surface area contributed by atoms with Crippen molar-refractivity contribution in [1.82, 2.24) is 19.7 Å². The molecule has 0 bridgehead atoms. The Morgan fingerprint density at radius 2 is 2.20 bits per heavy atom. The van der Waals surface area contributed by atoms with Gasteiger partial charge in [-0.25, -0.2) is 9.97 Å². The van der Waals surface area contributed by atoms with E-state index in [0.717, 1.165) is 23.5 Å². The molecule has 2 N–H and O–H groups in total. The van der Waals surface area contributed by atoms with E-state index < -0.39 is 0 Å². The molecule has 2 aromatic rings. The molecule has 0 aromatic carbocycles. The number of hydrogen-bond donors (Lipinski definition) is 1. The van der Waals surface area contributed by atoms with Gasteiger partial charge in [-0.1, -0.05) is 6.92 Å². The Morgan fingerprint density at radius 3 is 2.80 bits per heavy atom. The van der Waals surface area contributed by atoms with Crippen molar-refractivity contribution in [3.05, 3.63) is 24.0 Å². The fraction of sp³-hybridized carbons (Fsp3) is 0.300. The van der Waals surface area contributed by atoms with Crippen LogP contribution < -0.4 is 5.73 Å². The summed E-state index contributed by atoms with van der Waals surface area (Å²) >= 11 is 0. The highest BCUT2D eigenvalue weighted by Gasteiger charge is 2.06. The maximum absolute atomic E-state index is 5.64.